The molecular formula is C20H24BrNO2. The van der Waals surface area contributed by atoms with Crippen LogP contribution in [0, 0.1) is 0 Å². The second kappa shape index (κ2) is 7.16. The first-order chi connectivity index (χ1) is 11.2. The summed E-state index contributed by atoms with van der Waals surface area (Å²) in [7, 11) is 0. The van der Waals surface area contributed by atoms with Crippen LogP contribution in [0.2, 0.25) is 0 Å². The number of likely N-dealkylation sites (tertiary alicyclic amines) is 1. The molecule has 2 aliphatic rings. The first kappa shape index (κ1) is 17.3. The molecule has 0 bridgehead atoms. The van der Waals surface area contributed by atoms with Crippen LogP contribution in [0.4, 0.5) is 0 Å². The topological polar surface area (TPSA) is 43.7 Å². The molecule has 2 atom stereocenters. The Kier molecular flexibility index (Phi) is 5.16. The summed E-state index contributed by atoms with van der Waals surface area (Å²) in [5.74, 6) is 0.586. The predicted octanol–water partition coefficient (Wildman–Crippen LogP) is 4.37. The van der Waals surface area contributed by atoms with E-state index in [2.05, 4.69) is 35.2 Å². The molecule has 2 aromatic carbocycles. The van der Waals surface area contributed by atoms with E-state index in [-0.39, 0.29) is 28.5 Å². The van der Waals surface area contributed by atoms with Crippen LogP contribution in [0.3, 0.4) is 0 Å². The number of benzene rings is 2. The van der Waals surface area contributed by atoms with E-state index in [1.54, 1.807) is 6.07 Å². The molecule has 1 fully saturated rings. The van der Waals surface area contributed by atoms with Gasteiger partial charge in [0.15, 0.2) is 11.5 Å². The second-order valence-corrected chi connectivity index (χ2v) is 6.81. The number of phenolic OH excluding ortho intramolecular Hbond substituents is 2. The molecule has 0 aromatic heterocycles. The highest BCUT2D eigenvalue weighted by Crippen LogP contribution is 2.45. The quantitative estimate of drug-likeness (QED) is 0.749. The van der Waals surface area contributed by atoms with Crippen LogP contribution in [-0.4, -0.2) is 27.7 Å². The van der Waals surface area contributed by atoms with Crippen molar-refractivity contribution in [1.29, 1.82) is 0 Å². The lowest BCUT2D eigenvalue weighted by atomic mass is 9.74. The molecule has 0 unspecified atom stereocenters. The molecule has 0 saturated carbocycles. The summed E-state index contributed by atoms with van der Waals surface area (Å²) < 4.78 is 0. The standard InChI is InChI=1S/C20H23NO2.BrH/c22-19-11-9-15-16-7-4-12-21(13-14-5-2-1-3-6-14)18(16)10-8-17(15)20(19)23;/h1-3,5-6,9,11,16,18,22-23H,4,7-8,10,12-13H2;1H/t16-,18+;/m0./s1. The zero-order valence-corrected chi connectivity index (χ0v) is 15.4. The van der Waals surface area contributed by atoms with Crippen molar-refractivity contribution in [2.24, 2.45) is 0 Å². The lowest BCUT2D eigenvalue weighted by molar-refractivity contribution is 0.104. The van der Waals surface area contributed by atoms with Crippen LogP contribution in [0.25, 0.3) is 0 Å². The Bertz CT molecular complexity index is 704. The zero-order valence-electron chi connectivity index (χ0n) is 13.7. The minimum absolute atomic E-state index is 0. The van der Waals surface area contributed by atoms with Gasteiger partial charge < -0.3 is 10.2 Å². The van der Waals surface area contributed by atoms with Crippen molar-refractivity contribution in [3.05, 3.63) is 59.2 Å². The van der Waals surface area contributed by atoms with Gasteiger partial charge in [0, 0.05) is 18.2 Å². The van der Waals surface area contributed by atoms with Gasteiger partial charge >= 0.3 is 0 Å². The Labute approximate surface area is 153 Å². The van der Waals surface area contributed by atoms with E-state index < -0.39 is 0 Å². The smallest absolute Gasteiger partial charge is 0.160 e. The van der Waals surface area contributed by atoms with Crippen molar-refractivity contribution < 1.29 is 10.2 Å². The lowest BCUT2D eigenvalue weighted by Gasteiger charge is -2.45. The van der Waals surface area contributed by atoms with Crippen LogP contribution in [0.1, 0.15) is 41.9 Å². The molecule has 0 radical (unpaired) electrons. The number of nitrogens with zero attached hydrogens (tertiary/aromatic N) is 1. The van der Waals surface area contributed by atoms with E-state index in [1.165, 1.54) is 24.0 Å². The maximum absolute atomic E-state index is 10.2. The van der Waals surface area contributed by atoms with E-state index >= 15 is 0 Å². The van der Waals surface area contributed by atoms with E-state index in [4.69, 9.17) is 0 Å². The van der Waals surface area contributed by atoms with Gasteiger partial charge in [-0.25, -0.2) is 0 Å². The normalized spacial score (nSPS) is 23.0. The molecule has 4 heteroatoms. The number of phenols is 2. The molecule has 3 nitrogen and oxygen atoms in total. The first-order valence-electron chi connectivity index (χ1n) is 8.55. The van der Waals surface area contributed by atoms with Gasteiger partial charge in [-0.05, 0) is 55.3 Å². The molecule has 0 spiro atoms. The van der Waals surface area contributed by atoms with Crippen molar-refractivity contribution >= 4 is 17.0 Å². The largest absolute Gasteiger partial charge is 0.504 e. The van der Waals surface area contributed by atoms with Crippen LogP contribution >= 0.6 is 17.0 Å². The minimum atomic E-state index is 0. The summed E-state index contributed by atoms with van der Waals surface area (Å²) in [6.45, 7) is 2.15. The van der Waals surface area contributed by atoms with Gasteiger partial charge in [0.2, 0.25) is 0 Å². The Morgan fingerprint density at radius 2 is 1.79 bits per heavy atom. The van der Waals surface area contributed by atoms with Crippen molar-refractivity contribution in [3.63, 3.8) is 0 Å². The molecule has 1 heterocycles. The number of hydrogen-bond acceptors (Lipinski definition) is 3. The van der Waals surface area contributed by atoms with Crippen molar-refractivity contribution in [2.75, 3.05) is 6.54 Å². The van der Waals surface area contributed by atoms with E-state index in [0.29, 0.717) is 12.0 Å². The van der Waals surface area contributed by atoms with E-state index in [9.17, 15) is 10.2 Å². The fourth-order valence-corrected chi connectivity index (χ4v) is 4.43. The maximum atomic E-state index is 10.2. The molecule has 1 saturated heterocycles. The third kappa shape index (κ3) is 3.05. The third-order valence-corrected chi connectivity index (χ3v) is 5.51. The molecule has 2 N–H and O–H groups in total. The highest BCUT2D eigenvalue weighted by Gasteiger charge is 2.37. The number of rotatable bonds is 2. The van der Waals surface area contributed by atoms with Crippen molar-refractivity contribution in [1.82, 2.24) is 4.90 Å². The monoisotopic (exact) mass is 389 g/mol. The molecule has 24 heavy (non-hydrogen) atoms. The van der Waals surface area contributed by atoms with Gasteiger partial charge in [0.1, 0.15) is 0 Å². The van der Waals surface area contributed by atoms with Crippen LogP contribution in [0.15, 0.2) is 42.5 Å². The van der Waals surface area contributed by atoms with E-state index in [1.807, 2.05) is 6.07 Å². The Morgan fingerprint density at radius 1 is 1.00 bits per heavy atom. The number of hydrogen-bond donors (Lipinski definition) is 2. The Balaban J connectivity index is 0.00000169. The second-order valence-electron chi connectivity index (χ2n) is 6.81. The van der Waals surface area contributed by atoms with Crippen molar-refractivity contribution in [2.45, 2.75) is 44.2 Å². The van der Waals surface area contributed by atoms with Gasteiger partial charge in [0.05, 0.1) is 0 Å². The average molecular weight is 390 g/mol. The number of piperidine rings is 1. The first-order valence-corrected chi connectivity index (χ1v) is 8.55. The number of aromatic hydroxyl groups is 2. The lowest BCUT2D eigenvalue weighted by Crippen LogP contribution is -2.45. The fraction of sp³-hybridized carbons (Fsp3) is 0.400. The van der Waals surface area contributed by atoms with Gasteiger partial charge in [-0.15, -0.1) is 17.0 Å². The van der Waals surface area contributed by atoms with Gasteiger partial charge in [-0.1, -0.05) is 36.4 Å². The summed E-state index contributed by atoms with van der Waals surface area (Å²) in [5, 5.41) is 19.9. The Morgan fingerprint density at radius 3 is 2.58 bits per heavy atom. The number of halogens is 1. The molecule has 128 valence electrons. The molecular weight excluding hydrogens is 366 g/mol. The third-order valence-electron chi connectivity index (χ3n) is 5.51. The summed E-state index contributed by atoms with van der Waals surface area (Å²) in [6, 6.07) is 14.9. The molecule has 0 amide bonds. The SMILES string of the molecule is Br.Oc1ccc2c(c1O)CC[C@@H]1[C@H]2CCCN1Cc1ccccc1. The maximum Gasteiger partial charge on any atom is 0.160 e. The predicted molar refractivity (Wildman–Crippen MR) is 101 cm³/mol. The summed E-state index contributed by atoms with van der Waals surface area (Å²) >= 11 is 0. The zero-order chi connectivity index (χ0) is 15.8. The highest BCUT2D eigenvalue weighted by atomic mass is 79.9. The Hall–Kier alpha value is -1.52. The van der Waals surface area contributed by atoms with E-state index in [0.717, 1.165) is 31.5 Å². The van der Waals surface area contributed by atoms with Gasteiger partial charge in [-0.3, -0.25) is 4.90 Å². The van der Waals surface area contributed by atoms with Gasteiger partial charge in [0.25, 0.3) is 0 Å². The average Bonchev–Trinajstić information content (AvgIpc) is 2.59. The van der Waals surface area contributed by atoms with Gasteiger partial charge in [-0.2, -0.15) is 0 Å². The van der Waals surface area contributed by atoms with Crippen molar-refractivity contribution in [3.8, 4) is 11.5 Å². The summed E-state index contributed by atoms with van der Waals surface area (Å²) in [6.07, 6.45) is 4.27. The minimum Gasteiger partial charge on any atom is -0.504 e. The van der Waals surface area contributed by atoms with Crippen LogP contribution in [-0.2, 0) is 13.0 Å². The summed E-state index contributed by atoms with van der Waals surface area (Å²) in [4.78, 5) is 2.61. The molecule has 2 aromatic rings. The summed E-state index contributed by atoms with van der Waals surface area (Å²) in [5.41, 5.74) is 3.58. The molecule has 1 aliphatic heterocycles. The molecule has 4 rings (SSSR count). The molecule has 1 aliphatic carbocycles. The van der Waals surface area contributed by atoms with Crippen LogP contribution < -0.4 is 0 Å². The highest BCUT2D eigenvalue weighted by molar-refractivity contribution is 8.93. The number of fused-ring (bicyclic) bond motifs is 3. The fourth-order valence-electron chi connectivity index (χ4n) is 4.43. The van der Waals surface area contributed by atoms with Crippen LogP contribution in [0.5, 0.6) is 11.5 Å².